The standard InChI is InChI=1S/C16H21NO4/c1-3-21-15(18)8-7-12-5-4-6-13-11(2)17(16(19)20)10-9-14(12)13/h4-6,11H,3,7-10H2,1-2H3,(H,19,20). The number of aryl methyl sites for hydroxylation is 1. The molecule has 0 bridgehead atoms. The Hall–Kier alpha value is -2.04. The van der Waals surface area contributed by atoms with E-state index in [0.29, 0.717) is 32.4 Å². The minimum Gasteiger partial charge on any atom is -0.466 e. The molecule has 1 amide bonds. The van der Waals surface area contributed by atoms with E-state index in [4.69, 9.17) is 4.74 Å². The quantitative estimate of drug-likeness (QED) is 0.866. The highest BCUT2D eigenvalue weighted by molar-refractivity contribution is 5.70. The van der Waals surface area contributed by atoms with Crippen molar-refractivity contribution in [2.75, 3.05) is 13.2 Å². The molecule has 1 heterocycles. The van der Waals surface area contributed by atoms with E-state index in [-0.39, 0.29) is 12.0 Å². The topological polar surface area (TPSA) is 66.8 Å². The molecule has 5 heteroatoms. The molecule has 1 aliphatic rings. The third kappa shape index (κ3) is 3.35. The smallest absolute Gasteiger partial charge is 0.407 e. The van der Waals surface area contributed by atoms with Gasteiger partial charge in [-0.1, -0.05) is 18.2 Å². The summed E-state index contributed by atoms with van der Waals surface area (Å²) < 4.78 is 4.95. The van der Waals surface area contributed by atoms with Crippen LogP contribution in [0.1, 0.15) is 43.0 Å². The molecule has 0 fully saturated rings. The Bertz CT molecular complexity index is 541. The Kier molecular flexibility index (Phi) is 4.83. The number of hydrogen-bond donors (Lipinski definition) is 1. The van der Waals surface area contributed by atoms with Gasteiger partial charge in [0.05, 0.1) is 12.6 Å². The van der Waals surface area contributed by atoms with Crippen molar-refractivity contribution in [2.24, 2.45) is 0 Å². The van der Waals surface area contributed by atoms with E-state index in [0.717, 1.165) is 11.1 Å². The summed E-state index contributed by atoms with van der Waals surface area (Å²) in [5.74, 6) is -0.189. The Morgan fingerprint density at radius 2 is 2.19 bits per heavy atom. The second-order valence-corrected chi connectivity index (χ2v) is 5.19. The van der Waals surface area contributed by atoms with Gasteiger partial charge < -0.3 is 14.7 Å². The highest BCUT2D eigenvalue weighted by atomic mass is 16.5. The second kappa shape index (κ2) is 6.61. The van der Waals surface area contributed by atoms with Crippen molar-refractivity contribution >= 4 is 12.1 Å². The number of rotatable bonds is 4. The van der Waals surface area contributed by atoms with Crippen LogP contribution >= 0.6 is 0 Å². The largest absolute Gasteiger partial charge is 0.466 e. The molecule has 1 atom stereocenters. The predicted octanol–water partition coefficient (Wildman–Crippen LogP) is 2.78. The Morgan fingerprint density at radius 1 is 1.43 bits per heavy atom. The summed E-state index contributed by atoms with van der Waals surface area (Å²) in [6, 6.07) is 5.78. The normalized spacial score (nSPS) is 17.2. The van der Waals surface area contributed by atoms with E-state index >= 15 is 0 Å². The molecule has 5 nitrogen and oxygen atoms in total. The van der Waals surface area contributed by atoms with Crippen LogP contribution in [0.2, 0.25) is 0 Å². The maximum atomic E-state index is 11.5. The molecule has 0 saturated carbocycles. The van der Waals surface area contributed by atoms with Gasteiger partial charge in [0, 0.05) is 13.0 Å². The summed E-state index contributed by atoms with van der Waals surface area (Å²) in [5.41, 5.74) is 3.36. The van der Waals surface area contributed by atoms with Crippen LogP contribution in [0.3, 0.4) is 0 Å². The highest BCUT2D eigenvalue weighted by Gasteiger charge is 2.28. The average Bonchev–Trinajstić information content (AvgIpc) is 2.45. The molecular weight excluding hydrogens is 270 g/mol. The van der Waals surface area contributed by atoms with Crippen LogP contribution < -0.4 is 0 Å². The molecule has 0 aliphatic carbocycles. The van der Waals surface area contributed by atoms with Gasteiger partial charge in [0.15, 0.2) is 0 Å². The third-order valence-electron chi connectivity index (χ3n) is 3.98. The molecular formula is C16H21NO4. The number of ether oxygens (including phenoxy) is 1. The summed E-state index contributed by atoms with van der Waals surface area (Å²) in [5, 5.41) is 9.20. The first-order valence-corrected chi connectivity index (χ1v) is 7.30. The number of carbonyl (C=O) groups excluding carboxylic acids is 1. The van der Waals surface area contributed by atoms with E-state index in [2.05, 4.69) is 0 Å². The maximum Gasteiger partial charge on any atom is 0.407 e. The van der Waals surface area contributed by atoms with Crippen LogP contribution in [0, 0.1) is 0 Å². The van der Waals surface area contributed by atoms with Crippen molar-refractivity contribution in [1.82, 2.24) is 4.90 Å². The number of nitrogens with zero attached hydrogens (tertiary/aromatic N) is 1. The lowest BCUT2D eigenvalue weighted by Crippen LogP contribution is -2.38. The van der Waals surface area contributed by atoms with Crippen molar-refractivity contribution in [1.29, 1.82) is 0 Å². The first-order valence-electron chi connectivity index (χ1n) is 7.30. The van der Waals surface area contributed by atoms with Gasteiger partial charge in [0.25, 0.3) is 0 Å². The zero-order valence-corrected chi connectivity index (χ0v) is 12.5. The fraction of sp³-hybridized carbons (Fsp3) is 0.500. The SMILES string of the molecule is CCOC(=O)CCc1cccc2c1CCN(C(=O)O)C2C. The van der Waals surface area contributed by atoms with Crippen LogP contribution in [-0.2, 0) is 22.4 Å². The third-order valence-corrected chi connectivity index (χ3v) is 3.98. The van der Waals surface area contributed by atoms with Gasteiger partial charge in [0.1, 0.15) is 0 Å². The highest BCUT2D eigenvalue weighted by Crippen LogP contribution is 2.31. The average molecular weight is 291 g/mol. The summed E-state index contributed by atoms with van der Waals surface area (Å²) in [4.78, 5) is 24.1. The second-order valence-electron chi connectivity index (χ2n) is 5.19. The zero-order chi connectivity index (χ0) is 15.4. The van der Waals surface area contributed by atoms with Crippen LogP contribution in [0.25, 0.3) is 0 Å². The molecule has 1 aromatic rings. The molecule has 1 unspecified atom stereocenters. The number of fused-ring (bicyclic) bond motifs is 1. The summed E-state index contributed by atoms with van der Waals surface area (Å²) in [6.45, 7) is 4.60. The van der Waals surface area contributed by atoms with E-state index < -0.39 is 6.09 Å². The molecule has 1 N–H and O–H groups in total. The molecule has 114 valence electrons. The van der Waals surface area contributed by atoms with Gasteiger partial charge in [-0.15, -0.1) is 0 Å². The lowest BCUT2D eigenvalue weighted by molar-refractivity contribution is -0.143. The minimum atomic E-state index is -0.884. The first kappa shape index (κ1) is 15.4. The Morgan fingerprint density at radius 3 is 2.86 bits per heavy atom. The van der Waals surface area contributed by atoms with Gasteiger partial charge in [-0.05, 0) is 43.4 Å². The summed E-state index contributed by atoms with van der Waals surface area (Å²) in [7, 11) is 0. The molecule has 21 heavy (non-hydrogen) atoms. The van der Waals surface area contributed by atoms with E-state index in [9.17, 15) is 14.7 Å². The Balaban J connectivity index is 2.16. The molecule has 0 aromatic heterocycles. The number of carboxylic acid groups (broad SMARTS) is 1. The number of benzene rings is 1. The maximum absolute atomic E-state index is 11.5. The molecule has 0 spiro atoms. The number of carbonyl (C=O) groups is 2. The van der Waals surface area contributed by atoms with Gasteiger partial charge >= 0.3 is 12.1 Å². The van der Waals surface area contributed by atoms with Crippen LogP contribution in [0.15, 0.2) is 18.2 Å². The first-order chi connectivity index (χ1) is 10.0. The van der Waals surface area contributed by atoms with E-state index in [1.807, 2.05) is 25.1 Å². The van der Waals surface area contributed by atoms with Crippen molar-refractivity contribution in [2.45, 2.75) is 39.2 Å². The van der Waals surface area contributed by atoms with E-state index in [1.54, 1.807) is 6.92 Å². The fourth-order valence-electron chi connectivity index (χ4n) is 2.91. The van der Waals surface area contributed by atoms with Gasteiger partial charge in [-0.25, -0.2) is 4.79 Å². The molecule has 1 aliphatic heterocycles. The molecule has 0 saturated heterocycles. The predicted molar refractivity (Wildman–Crippen MR) is 78.2 cm³/mol. The minimum absolute atomic E-state index is 0.145. The lowest BCUT2D eigenvalue weighted by Gasteiger charge is -2.34. The monoisotopic (exact) mass is 291 g/mol. The van der Waals surface area contributed by atoms with Crippen molar-refractivity contribution in [3.63, 3.8) is 0 Å². The molecule has 0 radical (unpaired) electrons. The van der Waals surface area contributed by atoms with Crippen LogP contribution in [0.4, 0.5) is 4.79 Å². The van der Waals surface area contributed by atoms with Gasteiger partial charge in [0.2, 0.25) is 0 Å². The fourth-order valence-corrected chi connectivity index (χ4v) is 2.91. The van der Waals surface area contributed by atoms with Gasteiger partial charge in [-0.2, -0.15) is 0 Å². The molecule has 2 rings (SSSR count). The lowest BCUT2D eigenvalue weighted by atomic mass is 9.88. The number of amides is 1. The van der Waals surface area contributed by atoms with Crippen molar-refractivity contribution in [3.8, 4) is 0 Å². The molecule has 1 aromatic carbocycles. The summed E-state index contributed by atoms with van der Waals surface area (Å²) >= 11 is 0. The Labute approximate surface area is 124 Å². The van der Waals surface area contributed by atoms with Crippen molar-refractivity contribution < 1.29 is 19.4 Å². The van der Waals surface area contributed by atoms with Crippen LogP contribution in [0.5, 0.6) is 0 Å². The van der Waals surface area contributed by atoms with Gasteiger partial charge in [-0.3, -0.25) is 4.79 Å². The zero-order valence-electron chi connectivity index (χ0n) is 12.5. The van der Waals surface area contributed by atoms with E-state index in [1.165, 1.54) is 10.5 Å². The number of hydrogen-bond acceptors (Lipinski definition) is 3. The number of esters is 1. The van der Waals surface area contributed by atoms with Crippen molar-refractivity contribution in [3.05, 3.63) is 34.9 Å². The van der Waals surface area contributed by atoms with Crippen LogP contribution in [-0.4, -0.2) is 35.2 Å². The summed E-state index contributed by atoms with van der Waals surface area (Å²) in [6.07, 6.45) is 0.818.